The molecule has 1 fully saturated rings. The summed E-state index contributed by atoms with van der Waals surface area (Å²) in [4.78, 5) is 24.8. The molecule has 1 aliphatic heterocycles. The molecule has 0 saturated carbocycles. The van der Waals surface area contributed by atoms with Gasteiger partial charge in [-0.1, -0.05) is 12.1 Å². The summed E-state index contributed by atoms with van der Waals surface area (Å²) < 4.78 is 5.13. The van der Waals surface area contributed by atoms with Gasteiger partial charge in [0.2, 0.25) is 5.91 Å². The highest BCUT2D eigenvalue weighted by molar-refractivity contribution is 5.93. The quantitative estimate of drug-likeness (QED) is 0.866. The highest BCUT2D eigenvalue weighted by Gasteiger charge is 2.27. The first-order valence-electron chi connectivity index (χ1n) is 6.90. The molecule has 0 aromatic heterocycles. The number of hydrogen-bond donors (Lipinski definition) is 2. The van der Waals surface area contributed by atoms with E-state index in [0.717, 1.165) is 16.8 Å². The van der Waals surface area contributed by atoms with Gasteiger partial charge in [-0.15, -0.1) is 0 Å². The van der Waals surface area contributed by atoms with Crippen molar-refractivity contribution in [2.24, 2.45) is 0 Å². The van der Waals surface area contributed by atoms with E-state index >= 15 is 0 Å². The summed E-state index contributed by atoms with van der Waals surface area (Å²) in [7, 11) is 0. The number of benzene rings is 1. The highest BCUT2D eigenvalue weighted by atomic mass is 16.5. The minimum absolute atomic E-state index is 0.144. The van der Waals surface area contributed by atoms with Gasteiger partial charge in [0.05, 0.1) is 13.2 Å². The van der Waals surface area contributed by atoms with E-state index in [4.69, 9.17) is 9.84 Å². The predicted molar refractivity (Wildman–Crippen MR) is 78.4 cm³/mol. The van der Waals surface area contributed by atoms with Crippen molar-refractivity contribution in [3.63, 3.8) is 0 Å². The van der Waals surface area contributed by atoms with Gasteiger partial charge in [0.15, 0.2) is 6.10 Å². The monoisotopic (exact) mass is 292 g/mol. The van der Waals surface area contributed by atoms with Crippen molar-refractivity contribution in [3.8, 4) is 0 Å². The second-order valence-corrected chi connectivity index (χ2v) is 5.23. The van der Waals surface area contributed by atoms with Crippen molar-refractivity contribution < 1.29 is 19.4 Å². The maximum atomic E-state index is 12.1. The largest absolute Gasteiger partial charge is 0.479 e. The molecule has 1 unspecified atom stereocenters. The Morgan fingerprint density at radius 1 is 1.43 bits per heavy atom. The maximum Gasteiger partial charge on any atom is 0.334 e. The Morgan fingerprint density at radius 2 is 2.19 bits per heavy atom. The second-order valence-electron chi connectivity index (χ2n) is 5.23. The van der Waals surface area contributed by atoms with Crippen LogP contribution in [0.25, 0.3) is 0 Å². The smallest absolute Gasteiger partial charge is 0.334 e. The third kappa shape index (κ3) is 4.03. The van der Waals surface area contributed by atoms with E-state index in [2.05, 4.69) is 5.32 Å². The summed E-state index contributed by atoms with van der Waals surface area (Å²) in [6.45, 7) is 5.23. The molecule has 0 radical (unpaired) electrons. The molecular weight excluding hydrogens is 272 g/mol. The number of carboxylic acids is 1. The fourth-order valence-electron chi connectivity index (χ4n) is 2.27. The van der Waals surface area contributed by atoms with Crippen molar-refractivity contribution in [1.82, 2.24) is 4.90 Å². The molecule has 114 valence electrons. The molecule has 2 N–H and O–H groups in total. The van der Waals surface area contributed by atoms with E-state index in [1.54, 1.807) is 4.90 Å². The van der Waals surface area contributed by atoms with Crippen LogP contribution in [0.4, 0.5) is 5.69 Å². The van der Waals surface area contributed by atoms with E-state index in [0.29, 0.717) is 13.2 Å². The molecule has 1 aromatic carbocycles. The second kappa shape index (κ2) is 6.69. The van der Waals surface area contributed by atoms with Gasteiger partial charge in [0, 0.05) is 18.8 Å². The summed E-state index contributed by atoms with van der Waals surface area (Å²) in [6, 6.07) is 5.75. The third-order valence-electron chi connectivity index (χ3n) is 3.67. The van der Waals surface area contributed by atoms with Gasteiger partial charge in [-0.2, -0.15) is 0 Å². The van der Waals surface area contributed by atoms with Crippen LogP contribution in [0, 0.1) is 13.8 Å². The van der Waals surface area contributed by atoms with Crippen LogP contribution in [0.1, 0.15) is 11.1 Å². The Morgan fingerprint density at radius 3 is 2.90 bits per heavy atom. The lowest BCUT2D eigenvalue weighted by Crippen LogP contribution is -2.48. The first-order chi connectivity index (χ1) is 9.97. The van der Waals surface area contributed by atoms with Crippen molar-refractivity contribution in [2.45, 2.75) is 20.0 Å². The molecule has 1 saturated heterocycles. The minimum Gasteiger partial charge on any atom is -0.479 e. The topological polar surface area (TPSA) is 78.9 Å². The fourth-order valence-corrected chi connectivity index (χ4v) is 2.27. The standard InChI is InChI=1S/C15H20N2O4/c1-10-4-3-5-12(11(10)2)16-14(18)9-17-6-7-21-13(8-17)15(19)20/h3-5,13H,6-9H2,1-2H3,(H,16,18)(H,19,20). The molecule has 1 heterocycles. The Kier molecular flexibility index (Phi) is 4.93. The van der Waals surface area contributed by atoms with Crippen LogP contribution in [0.15, 0.2) is 18.2 Å². The molecule has 6 heteroatoms. The molecule has 1 atom stereocenters. The van der Waals surface area contributed by atoms with Crippen molar-refractivity contribution in [3.05, 3.63) is 29.3 Å². The average Bonchev–Trinajstić information content (AvgIpc) is 2.44. The number of aliphatic carboxylic acids is 1. The Hall–Kier alpha value is -1.92. The van der Waals surface area contributed by atoms with E-state index in [-0.39, 0.29) is 19.0 Å². The van der Waals surface area contributed by atoms with Crippen molar-refractivity contribution in [2.75, 3.05) is 31.6 Å². The van der Waals surface area contributed by atoms with E-state index in [1.165, 1.54) is 0 Å². The van der Waals surface area contributed by atoms with E-state index in [9.17, 15) is 9.59 Å². The van der Waals surface area contributed by atoms with Crippen LogP contribution < -0.4 is 5.32 Å². The number of morpholine rings is 1. The van der Waals surface area contributed by atoms with Crippen LogP contribution in [0.5, 0.6) is 0 Å². The summed E-state index contributed by atoms with van der Waals surface area (Å²) in [5.41, 5.74) is 2.95. The Balaban J connectivity index is 1.92. The molecule has 1 aliphatic rings. The van der Waals surface area contributed by atoms with E-state index < -0.39 is 12.1 Å². The first-order valence-corrected chi connectivity index (χ1v) is 6.90. The predicted octanol–water partition coefficient (Wildman–Crippen LogP) is 1.03. The van der Waals surface area contributed by atoms with E-state index in [1.807, 2.05) is 32.0 Å². The van der Waals surface area contributed by atoms with Gasteiger partial charge in [-0.3, -0.25) is 9.69 Å². The zero-order valence-corrected chi connectivity index (χ0v) is 12.3. The molecular formula is C15H20N2O4. The summed E-state index contributed by atoms with van der Waals surface area (Å²) >= 11 is 0. The maximum absolute atomic E-state index is 12.1. The molecule has 0 spiro atoms. The summed E-state index contributed by atoms with van der Waals surface area (Å²) in [5.74, 6) is -1.13. The summed E-state index contributed by atoms with van der Waals surface area (Å²) in [6.07, 6.45) is -0.854. The van der Waals surface area contributed by atoms with Gasteiger partial charge in [-0.25, -0.2) is 4.79 Å². The van der Waals surface area contributed by atoms with Crippen molar-refractivity contribution in [1.29, 1.82) is 0 Å². The Labute approximate surface area is 123 Å². The number of carbonyl (C=O) groups excluding carboxylic acids is 1. The summed E-state index contributed by atoms with van der Waals surface area (Å²) in [5, 5.41) is 11.8. The van der Waals surface area contributed by atoms with Crippen LogP contribution >= 0.6 is 0 Å². The minimum atomic E-state index is -0.991. The number of nitrogens with one attached hydrogen (secondary N) is 1. The van der Waals surface area contributed by atoms with Crippen LogP contribution in [0.2, 0.25) is 0 Å². The van der Waals surface area contributed by atoms with Crippen molar-refractivity contribution >= 4 is 17.6 Å². The molecule has 6 nitrogen and oxygen atoms in total. The SMILES string of the molecule is Cc1cccc(NC(=O)CN2CCOC(C(=O)O)C2)c1C. The van der Waals surface area contributed by atoms with Gasteiger partial charge in [0.25, 0.3) is 0 Å². The zero-order valence-electron chi connectivity index (χ0n) is 12.3. The van der Waals surface area contributed by atoms with Gasteiger partial charge in [-0.05, 0) is 31.0 Å². The number of amides is 1. The lowest BCUT2D eigenvalue weighted by molar-refractivity contribution is -0.156. The number of anilines is 1. The van der Waals surface area contributed by atoms with Crippen LogP contribution in [-0.4, -0.2) is 54.2 Å². The molecule has 1 aromatic rings. The lowest BCUT2D eigenvalue weighted by Gasteiger charge is -2.30. The number of carbonyl (C=O) groups is 2. The number of ether oxygens (including phenoxy) is 1. The number of nitrogens with zero attached hydrogens (tertiary/aromatic N) is 1. The molecule has 0 bridgehead atoms. The number of hydrogen-bond acceptors (Lipinski definition) is 4. The highest BCUT2D eigenvalue weighted by Crippen LogP contribution is 2.18. The van der Waals surface area contributed by atoms with Gasteiger partial charge in [0.1, 0.15) is 0 Å². The number of aryl methyl sites for hydroxylation is 1. The van der Waals surface area contributed by atoms with Gasteiger partial charge < -0.3 is 15.2 Å². The molecule has 21 heavy (non-hydrogen) atoms. The van der Waals surface area contributed by atoms with Crippen LogP contribution in [-0.2, 0) is 14.3 Å². The van der Waals surface area contributed by atoms with Gasteiger partial charge >= 0.3 is 5.97 Å². The number of carboxylic acid groups (broad SMARTS) is 1. The molecule has 0 aliphatic carbocycles. The molecule has 2 rings (SSSR count). The zero-order chi connectivity index (χ0) is 15.4. The number of rotatable bonds is 4. The normalized spacial score (nSPS) is 19.2. The average molecular weight is 292 g/mol. The van der Waals surface area contributed by atoms with Crippen LogP contribution in [0.3, 0.4) is 0 Å². The third-order valence-corrected chi connectivity index (χ3v) is 3.67. The Bertz CT molecular complexity index is 544. The lowest BCUT2D eigenvalue weighted by atomic mass is 10.1. The molecule has 1 amide bonds. The first kappa shape index (κ1) is 15.5. The fraction of sp³-hybridized carbons (Fsp3) is 0.467.